The summed E-state index contributed by atoms with van der Waals surface area (Å²) in [5.74, 6) is 0. The van der Waals surface area contributed by atoms with Gasteiger partial charge in [0.25, 0.3) is 0 Å². The molecule has 0 unspecified atom stereocenters. The van der Waals surface area contributed by atoms with E-state index in [9.17, 15) is 0 Å². The van der Waals surface area contributed by atoms with Crippen LogP contribution < -0.4 is 5.32 Å². The first-order chi connectivity index (χ1) is 7.76. The van der Waals surface area contributed by atoms with Gasteiger partial charge in [-0.05, 0) is 43.4 Å². The summed E-state index contributed by atoms with van der Waals surface area (Å²) in [6.45, 7) is 1.09. The Morgan fingerprint density at radius 3 is 2.81 bits per heavy atom. The van der Waals surface area contributed by atoms with Crippen molar-refractivity contribution in [1.82, 2.24) is 10.3 Å². The van der Waals surface area contributed by atoms with Gasteiger partial charge in [0.05, 0.1) is 5.02 Å². The van der Waals surface area contributed by atoms with Gasteiger partial charge in [0.2, 0.25) is 0 Å². The van der Waals surface area contributed by atoms with Crippen LogP contribution in [0.1, 0.15) is 31.2 Å². The number of aromatic nitrogens is 1. The van der Waals surface area contributed by atoms with Gasteiger partial charge in [0, 0.05) is 18.9 Å². The van der Waals surface area contributed by atoms with Crippen LogP contribution in [0.4, 0.5) is 0 Å². The van der Waals surface area contributed by atoms with E-state index in [0.29, 0.717) is 5.41 Å². The average molecular weight is 239 g/mol. The Kier molecular flexibility index (Phi) is 3.82. The van der Waals surface area contributed by atoms with Gasteiger partial charge in [0.15, 0.2) is 0 Å². The molecule has 16 heavy (non-hydrogen) atoms. The minimum absolute atomic E-state index is 0.416. The van der Waals surface area contributed by atoms with Crippen LogP contribution in [0.15, 0.2) is 18.5 Å². The Balaban J connectivity index is 2.14. The van der Waals surface area contributed by atoms with Crippen LogP contribution in [0.5, 0.6) is 0 Å². The third-order valence-electron chi connectivity index (χ3n) is 3.64. The highest BCUT2D eigenvalue weighted by Gasteiger charge is 2.33. The van der Waals surface area contributed by atoms with E-state index < -0.39 is 0 Å². The molecular weight excluding hydrogens is 220 g/mol. The molecule has 2 rings (SSSR count). The third kappa shape index (κ3) is 2.55. The monoisotopic (exact) mass is 238 g/mol. The molecule has 0 aromatic carbocycles. The SMILES string of the molecule is CNCC1(Cc2ccncc2Cl)CCCC1. The summed E-state index contributed by atoms with van der Waals surface area (Å²) in [6, 6.07) is 2.05. The van der Waals surface area contributed by atoms with Crippen molar-refractivity contribution in [3.8, 4) is 0 Å². The maximum Gasteiger partial charge on any atom is 0.0621 e. The Hall–Kier alpha value is -0.600. The molecule has 1 N–H and O–H groups in total. The fourth-order valence-corrected chi connectivity index (χ4v) is 3.05. The van der Waals surface area contributed by atoms with E-state index in [-0.39, 0.29) is 0 Å². The molecule has 1 saturated carbocycles. The highest BCUT2D eigenvalue weighted by atomic mass is 35.5. The van der Waals surface area contributed by atoms with Gasteiger partial charge in [-0.25, -0.2) is 0 Å². The summed E-state index contributed by atoms with van der Waals surface area (Å²) in [5.41, 5.74) is 1.66. The maximum absolute atomic E-state index is 6.18. The van der Waals surface area contributed by atoms with Gasteiger partial charge in [-0.1, -0.05) is 24.4 Å². The molecule has 1 aliphatic carbocycles. The summed E-state index contributed by atoms with van der Waals surface area (Å²) in [4.78, 5) is 4.04. The van der Waals surface area contributed by atoms with Gasteiger partial charge in [-0.15, -0.1) is 0 Å². The van der Waals surface area contributed by atoms with Crippen molar-refractivity contribution < 1.29 is 0 Å². The first-order valence-electron chi connectivity index (χ1n) is 5.99. The normalized spacial score (nSPS) is 18.9. The summed E-state index contributed by atoms with van der Waals surface area (Å²) >= 11 is 6.18. The summed E-state index contributed by atoms with van der Waals surface area (Å²) in [6.07, 6.45) is 9.99. The lowest BCUT2D eigenvalue weighted by Gasteiger charge is -2.29. The van der Waals surface area contributed by atoms with Crippen molar-refractivity contribution in [2.24, 2.45) is 5.41 Å². The van der Waals surface area contributed by atoms with Crippen molar-refractivity contribution in [2.75, 3.05) is 13.6 Å². The highest BCUT2D eigenvalue weighted by molar-refractivity contribution is 6.31. The molecule has 88 valence electrons. The number of nitrogens with zero attached hydrogens (tertiary/aromatic N) is 1. The van der Waals surface area contributed by atoms with Crippen LogP contribution in [0.2, 0.25) is 5.02 Å². The number of nitrogens with one attached hydrogen (secondary N) is 1. The van der Waals surface area contributed by atoms with E-state index in [1.54, 1.807) is 6.20 Å². The molecular formula is C13H19ClN2. The number of halogens is 1. The van der Waals surface area contributed by atoms with E-state index >= 15 is 0 Å². The van der Waals surface area contributed by atoms with E-state index in [2.05, 4.69) is 16.4 Å². The van der Waals surface area contributed by atoms with E-state index in [1.807, 2.05) is 13.2 Å². The minimum atomic E-state index is 0.416. The predicted molar refractivity (Wildman–Crippen MR) is 67.8 cm³/mol. The lowest BCUT2D eigenvalue weighted by Crippen LogP contribution is -2.32. The topological polar surface area (TPSA) is 24.9 Å². The van der Waals surface area contributed by atoms with Crippen molar-refractivity contribution in [3.63, 3.8) is 0 Å². The second-order valence-electron chi connectivity index (χ2n) is 4.88. The molecule has 1 aromatic rings. The Labute approximate surface area is 102 Å². The molecule has 0 aliphatic heterocycles. The quantitative estimate of drug-likeness (QED) is 0.872. The van der Waals surface area contributed by atoms with Crippen molar-refractivity contribution in [2.45, 2.75) is 32.1 Å². The minimum Gasteiger partial charge on any atom is -0.319 e. The van der Waals surface area contributed by atoms with Gasteiger partial charge in [-0.2, -0.15) is 0 Å². The highest BCUT2D eigenvalue weighted by Crippen LogP contribution is 2.41. The van der Waals surface area contributed by atoms with Crippen LogP contribution in [0.25, 0.3) is 0 Å². The van der Waals surface area contributed by atoms with Gasteiger partial charge < -0.3 is 5.32 Å². The molecule has 0 bridgehead atoms. The molecule has 0 atom stereocenters. The number of hydrogen-bond acceptors (Lipinski definition) is 2. The van der Waals surface area contributed by atoms with Gasteiger partial charge in [0.1, 0.15) is 0 Å². The molecule has 0 radical (unpaired) electrons. The van der Waals surface area contributed by atoms with Crippen LogP contribution in [-0.4, -0.2) is 18.6 Å². The fourth-order valence-electron chi connectivity index (χ4n) is 2.87. The molecule has 1 heterocycles. The average Bonchev–Trinajstić information content (AvgIpc) is 2.71. The first-order valence-corrected chi connectivity index (χ1v) is 6.37. The van der Waals surface area contributed by atoms with E-state index in [1.165, 1.54) is 31.2 Å². The molecule has 0 saturated heterocycles. The first kappa shape index (κ1) is 11.9. The summed E-state index contributed by atoms with van der Waals surface area (Å²) in [7, 11) is 2.04. The summed E-state index contributed by atoms with van der Waals surface area (Å²) in [5, 5.41) is 4.14. The second kappa shape index (κ2) is 5.15. The molecule has 2 nitrogen and oxygen atoms in total. The van der Waals surface area contributed by atoms with Crippen LogP contribution in [0, 0.1) is 5.41 Å². The van der Waals surface area contributed by atoms with Gasteiger partial charge in [-0.3, -0.25) is 4.98 Å². The maximum atomic E-state index is 6.18. The molecule has 1 aromatic heterocycles. The zero-order valence-corrected chi connectivity index (χ0v) is 10.6. The van der Waals surface area contributed by atoms with Crippen molar-refractivity contribution in [3.05, 3.63) is 29.0 Å². The Bertz CT molecular complexity index is 346. The van der Waals surface area contributed by atoms with E-state index in [0.717, 1.165) is 18.0 Å². The zero-order valence-electron chi connectivity index (χ0n) is 9.80. The van der Waals surface area contributed by atoms with E-state index in [4.69, 9.17) is 11.6 Å². The zero-order chi connectivity index (χ0) is 11.4. The van der Waals surface area contributed by atoms with Crippen molar-refractivity contribution >= 4 is 11.6 Å². The summed E-state index contributed by atoms with van der Waals surface area (Å²) < 4.78 is 0. The molecule has 3 heteroatoms. The standard InChI is InChI=1S/C13H19ClN2/c1-15-10-13(5-2-3-6-13)8-11-4-7-16-9-12(11)14/h4,7,9,15H,2-3,5-6,8,10H2,1H3. The Morgan fingerprint density at radius 2 is 2.19 bits per heavy atom. The Morgan fingerprint density at radius 1 is 1.44 bits per heavy atom. The molecule has 0 amide bonds. The van der Waals surface area contributed by atoms with Crippen LogP contribution in [0.3, 0.4) is 0 Å². The molecule has 0 spiro atoms. The lowest BCUT2D eigenvalue weighted by molar-refractivity contribution is 0.286. The lowest BCUT2D eigenvalue weighted by atomic mass is 9.80. The van der Waals surface area contributed by atoms with Crippen LogP contribution in [-0.2, 0) is 6.42 Å². The predicted octanol–water partition coefficient (Wildman–Crippen LogP) is 3.06. The molecule has 1 fully saturated rings. The molecule has 1 aliphatic rings. The smallest absolute Gasteiger partial charge is 0.0621 e. The largest absolute Gasteiger partial charge is 0.319 e. The number of rotatable bonds is 4. The van der Waals surface area contributed by atoms with Crippen molar-refractivity contribution in [1.29, 1.82) is 0 Å². The second-order valence-corrected chi connectivity index (χ2v) is 5.29. The van der Waals surface area contributed by atoms with Gasteiger partial charge >= 0.3 is 0 Å². The third-order valence-corrected chi connectivity index (χ3v) is 3.98. The number of hydrogen-bond donors (Lipinski definition) is 1. The van der Waals surface area contributed by atoms with Crippen LogP contribution >= 0.6 is 11.6 Å². The number of pyridine rings is 1. The fraction of sp³-hybridized carbons (Fsp3) is 0.615.